The van der Waals surface area contributed by atoms with Crippen LogP contribution in [0.2, 0.25) is 0 Å². The Morgan fingerprint density at radius 3 is 2.94 bits per heavy atom. The van der Waals surface area contributed by atoms with E-state index >= 15 is 0 Å². The van der Waals surface area contributed by atoms with Crippen molar-refractivity contribution < 1.29 is 9.53 Å². The maximum atomic E-state index is 11.4. The monoisotopic (exact) mass is 247 g/mol. The van der Waals surface area contributed by atoms with Gasteiger partial charge in [-0.1, -0.05) is 6.42 Å². The number of ether oxygens (including phenoxy) is 1. The first-order chi connectivity index (χ1) is 7.83. The molecule has 3 nitrogen and oxygen atoms in total. The lowest BCUT2D eigenvalue weighted by molar-refractivity contribution is -0.121. The molecule has 0 bridgehead atoms. The Balaban J connectivity index is 1.90. The van der Waals surface area contributed by atoms with E-state index in [9.17, 15) is 4.79 Å². The molecule has 1 aliphatic heterocycles. The molecule has 94 valence electrons. The van der Waals surface area contributed by atoms with Crippen molar-refractivity contribution in [1.29, 1.82) is 0 Å². The number of halogens is 1. The summed E-state index contributed by atoms with van der Waals surface area (Å²) in [5.41, 5.74) is 0. The Morgan fingerprint density at radius 1 is 1.38 bits per heavy atom. The highest BCUT2D eigenvalue weighted by atomic mass is 35.5. The SMILES string of the molecule is O=C(CCC1CCCO1)NCCCCCCl. The van der Waals surface area contributed by atoms with Gasteiger partial charge in [0.2, 0.25) is 5.91 Å². The van der Waals surface area contributed by atoms with Crippen LogP contribution < -0.4 is 5.32 Å². The minimum Gasteiger partial charge on any atom is -0.378 e. The molecule has 1 amide bonds. The highest BCUT2D eigenvalue weighted by molar-refractivity contribution is 6.17. The predicted molar refractivity (Wildman–Crippen MR) is 65.8 cm³/mol. The first-order valence-electron chi connectivity index (χ1n) is 6.27. The lowest BCUT2D eigenvalue weighted by Crippen LogP contribution is -2.25. The number of carbonyl (C=O) groups is 1. The van der Waals surface area contributed by atoms with Gasteiger partial charge in [0.15, 0.2) is 0 Å². The molecule has 0 aromatic heterocycles. The van der Waals surface area contributed by atoms with Crippen molar-refractivity contribution in [2.45, 2.75) is 51.0 Å². The molecule has 1 atom stereocenters. The molecule has 1 rings (SSSR count). The molecule has 0 saturated carbocycles. The van der Waals surface area contributed by atoms with E-state index < -0.39 is 0 Å². The van der Waals surface area contributed by atoms with Crippen molar-refractivity contribution in [2.24, 2.45) is 0 Å². The van der Waals surface area contributed by atoms with E-state index in [1.54, 1.807) is 0 Å². The van der Waals surface area contributed by atoms with Crippen molar-refractivity contribution in [2.75, 3.05) is 19.0 Å². The van der Waals surface area contributed by atoms with Gasteiger partial charge in [0.1, 0.15) is 0 Å². The highest BCUT2D eigenvalue weighted by Gasteiger charge is 2.16. The van der Waals surface area contributed by atoms with Crippen molar-refractivity contribution in [3.05, 3.63) is 0 Å². The molecule has 16 heavy (non-hydrogen) atoms. The summed E-state index contributed by atoms with van der Waals surface area (Å²) in [5.74, 6) is 0.869. The van der Waals surface area contributed by atoms with E-state index in [0.29, 0.717) is 18.4 Å². The first kappa shape index (κ1) is 13.8. The summed E-state index contributed by atoms with van der Waals surface area (Å²) in [6.45, 7) is 1.64. The van der Waals surface area contributed by atoms with Crippen molar-refractivity contribution in [1.82, 2.24) is 5.32 Å². The summed E-state index contributed by atoms with van der Waals surface area (Å²) in [7, 11) is 0. The van der Waals surface area contributed by atoms with Gasteiger partial charge in [0, 0.05) is 25.5 Å². The third-order valence-electron chi connectivity index (χ3n) is 2.85. The van der Waals surface area contributed by atoms with E-state index in [-0.39, 0.29) is 5.91 Å². The molecule has 1 fully saturated rings. The number of amides is 1. The van der Waals surface area contributed by atoms with E-state index in [0.717, 1.165) is 51.7 Å². The molecule has 0 spiro atoms. The van der Waals surface area contributed by atoms with Gasteiger partial charge in [-0.15, -0.1) is 11.6 Å². The zero-order valence-corrected chi connectivity index (χ0v) is 10.6. The van der Waals surface area contributed by atoms with Gasteiger partial charge in [-0.25, -0.2) is 0 Å². The van der Waals surface area contributed by atoms with Gasteiger partial charge in [-0.2, -0.15) is 0 Å². The van der Waals surface area contributed by atoms with Gasteiger partial charge < -0.3 is 10.1 Å². The largest absolute Gasteiger partial charge is 0.378 e. The van der Waals surface area contributed by atoms with E-state index in [1.165, 1.54) is 0 Å². The fourth-order valence-electron chi connectivity index (χ4n) is 1.88. The van der Waals surface area contributed by atoms with Crippen LogP contribution in [0, 0.1) is 0 Å². The third kappa shape index (κ3) is 6.33. The van der Waals surface area contributed by atoms with Crippen LogP contribution in [0.1, 0.15) is 44.9 Å². The third-order valence-corrected chi connectivity index (χ3v) is 3.12. The second-order valence-corrected chi connectivity index (χ2v) is 4.65. The molecule has 0 aliphatic carbocycles. The second kappa shape index (κ2) is 8.82. The van der Waals surface area contributed by atoms with Crippen molar-refractivity contribution >= 4 is 17.5 Å². The van der Waals surface area contributed by atoms with Crippen LogP contribution in [0.5, 0.6) is 0 Å². The maximum absolute atomic E-state index is 11.4. The van der Waals surface area contributed by atoms with Crippen LogP contribution in [-0.4, -0.2) is 31.0 Å². The van der Waals surface area contributed by atoms with Gasteiger partial charge in [0.05, 0.1) is 6.10 Å². The average Bonchev–Trinajstić information content (AvgIpc) is 2.79. The molecule has 1 aliphatic rings. The smallest absolute Gasteiger partial charge is 0.220 e. The zero-order chi connectivity index (χ0) is 11.6. The molecule has 0 aromatic rings. The Kier molecular flexibility index (Phi) is 7.60. The van der Waals surface area contributed by atoms with Crippen LogP contribution in [0.4, 0.5) is 0 Å². The summed E-state index contributed by atoms with van der Waals surface area (Å²) >= 11 is 5.56. The molecule has 1 saturated heterocycles. The lowest BCUT2D eigenvalue weighted by Gasteiger charge is -2.09. The number of nitrogens with one attached hydrogen (secondary N) is 1. The predicted octanol–water partition coefficient (Wildman–Crippen LogP) is 2.47. The second-order valence-electron chi connectivity index (χ2n) is 4.27. The Morgan fingerprint density at radius 2 is 2.25 bits per heavy atom. The number of rotatable bonds is 8. The summed E-state index contributed by atoms with van der Waals surface area (Å²) in [5, 5.41) is 2.93. The molecular weight excluding hydrogens is 226 g/mol. The average molecular weight is 248 g/mol. The molecule has 1 heterocycles. The fourth-order valence-corrected chi connectivity index (χ4v) is 2.07. The molecule has 0 radical (unpaired) electrons. The van der Waals surface area contributed by atoms with Gasteiger partial charge in [-0.3, -0.25) is 4.79 Å². The summed E-state index contributed by atoms with van der Waals surface area (Å²) in [6.07, 6.45) is 7.20. The quantitative estimate of drug-likeness (QED) is 0.529. The number of carbonyl (C=O) groups excluding carboxylic acids is 1. The zero-order valence-electron chi connectivity index (χ0n) is 9.84. The summed E-state index contributed by atoms with van der Waals surface area (Å²) in [6, 6.07) is 0. The molecule has 1 N–H and O–H groups in total. The van der Waals surface area contributed by atoms with Gasteiger partial charge in [0.25, 0.3) is 0 Å². The topological polar surface area (TPSA) is 38.3 Å². The van der Waals surface area contributed by atoms with Crippen LogP contribution in [0.25, 0.3) is 0 Å². The summed E-state index contributed by atoms with van der Waals surface area (Å²) in [4.78, 5) is 11.4. The van der Waals surface area contributed by atoms with Gasteiger partial charge >= 0.3 is 0 Å². The molecule has 4 heteroatoms. The number of unbranched alkanes of at least 4 members (excludes halogenated alkanes) is 2. The first-order valence-corrected chi connectivity index (χ1v) is 6.80. The summed E-state index contributed by atoms with van der Waals surface area (Å²) < 4.78 is 5.47. The minimum absolute atomic E-state index is 0.154. The van der Waals surface area contributed by atoms with E-state index in [2.05, 4.69) is 5.32 Å². The highest BCUT2D eigenvalue weighted by Crippen LogP contribution is 2.16. The Bertz CT molecular complexity index is 193. The van der Waals surface area contributed by atoms with Crippen LogP contribution in [0.3, 0.4) is 0 Å². The lowest BCUT2D eigenvalue weighted by atomic mass is 10.1. The van der Waals surface area contributed by atoms with Crippen molar-refractivity contribution in [3.8, 4) is 0 Å². The van der Waals surface area contributed by atoms with Crippen molar-refractivity contribution in [3.63, 3.8) is 0 Å². The van der Waals surface area contributed by atoms with E-state index in [4.69, 9.17) is 16.3 Å². The molecule has 1 unspecified atom stereocenters. The Hall–Kier alpha value is -0.280. The van der Waals surface area contributed by atoms with E-state index in [1.807, 2.05) is 0 Å². The van der Waals surface area contributed by atoms with Crippen LogP contribution in [0.15, 0.2) is 0 Å². The normalized spacial score (nSPS) is 19.9. The fraction of sp³-hybridized carbons (Fsp3) is 0.917. The number of hydrogen-bond donors (Lipinski definition) is 1. The number of alkyl halides is 1. The van der Waals surface area contributed by atoms with Gasteiger partial charge in [-0.05, 0) is 32.1 Å². The number of hydrogen-bond acceptors (Lipinski definition) is 2. The minimum atomic E-state index is 0.154. The molecular formula is C12H22ClNO2. The van der Waals surface area contributed by atoms with Crippen LogP contribution >= 0.6 is 11.6 Å². The Labute approximate surface area is 103 Å². The standard InChI is InChI=1S/C12H22ClNO2/c13-8-2-1-3-9-14-12(15)7-6-11-5-4-10-16-11/h11H,1-10H2,(H,14,15). The molecule has 0 aromatic carbocycles. The van der Waals surface area contributed by atoms with Crippen LogP contribution in [-0.2, 0) is 9.53 Å². The maximum Gasteiger partial charge on any atom is 0.220 e.